The maximum atomic E-state index is 11.8. The van der Waals surface area contributed by atoms with Crippen LogP contribution < -0.4 is 0 Å². The molecule has 48 valence electrons. The Bertz CT molecular complexity index is 84.9. The van der Waals surface area contributed by atoms with E-state index in [1.54, 1.807) is 0 Å². The van der Waals surface area contributed by atoms with Gasteiger partial charge in [-0.15, -0.1) is 6.58 Å². The minimum atomic E-state index is -3.14. The van der Waals surface area contributed by atoms with Crippen molar-refractivity contribution in [1.82, 2.24) is 0 Å². The van der Waals surface area contributed by atoms with Gasteiger partial charge in [0.25, 0.3) is 0 Å². The van der Waals surface area contributed by atoms with Crippen LogP contribution in [0.2, 0.25) is 0 Å². The van der Waals surface area contributed by atoms with Gasteiger partial charge in [-0.05, 0) is 11.6 Å². The van der Waals surface area contributed by atoms with Crippen LogP contribution >= 0.6 is 11.6 Å². The van der Waals surface area contributed by atoms with E-state index < -0.39 is 11.3 Å². The Morgan fingerprint density at radius 3 is 2.12 bits per heavy atom. The average Bonchev–Trinajstić information content (AvgIpc) is 1.62. The summed E-state index contributed by atoms with van der Waals surface area (Å²) in [6.45, 7) is 4.47. The summed E-state index contributed by atoms with van der Waals surface area (Å²) in [5, 5.41) is -3.14. The lowest BCUT2D eigenvalue weighted by Crippen LogP contribution is -2.15. The van der Waals surface area contributed by atoms with Gasteiger partial charge >= 0.3 is 5.38 Å². The molecule has 0 bridgehead atoms. The van der Waals surface area contributed by atoms with Crippen LogP contribution in [0.1, 0.15) is 6.92 Å². The molecule has 0 aromatic heterocycles. The molecule has 0 spiro atoms. The molecule has 0 aliphatic carbocycles. The molecule has 0 rings (SSSR count). The first-order chi connectivity index (χ1) is 3.48. The maximum absolute atomic E-state index is 11.8. The van der Waals surface area contributed by atoms with Crippen molar-refractivity contribution in [3.8, 4) is 0 Å². The van der Waals surface area contributed by atoms with Gasteiger partial charge in [0, 0.05) is 0 Å². The molecule has 0 nitrogen and oxygen atoms in total. The van der Waals surface area contributed by atoms with Crippen molar-refractivity contribution in [3.63, 3.8) is 0 Å². The Labute approximate surface area is 52.1 Å². The van der Waals surface area contributed by atoms with Gasteiger partial charge in [-0.1, -0.05) is 13.0 Å². The molecule has 0 N–H and O–H groups in total. The third-order valence-electron chi connectivity index (χ3n) is 0.870. The predicted molar refractivity (Wildman–Crippen MR) is 30.2 cm³/mol. The summed E-state index contributed by atoms with van der Waals surface area (Å²) in [6.07, 6.45) is 1.12. The van der Waals surface area contributed by atoms with Crippen molar-refractivity contribution in [3.05, 3.63) is 12.7 Å². The highest BCUT2D eigenvalue weighted by atomic mass is 35.5. The van der Waals surface area contributed by atoms with E-state index in [1.165, 1.54) is 6.92 Å². The Morgan fingerprint density at radius 2 is 2.12 bits per heavy atom. The second-order valence-electron chi connectivity index (χ2n) is 1.57. The van der Waals surface area contributed by atoms with Gasteiger partial charge in [0.2, 0.25) is 0 Å². The molecular weight excluding hydrogens is 134 g/mol. The molecule has 1 unspecified atom stereocenters. The Hall–Kier alpha value is -0.110. The first-order valence-corrected chi connectivity index (χ1v) is 2.55. The predicted octanol–water partition coefficient (Wildman–Crippen LogP) is 2.64. The molecule has 3 heteroatoms. The molecule has 1 atom stereocenters. The van der Waals surface area contributed by atoms with E-state index in [0.29, 0.717) is 0 Å². The number of alkyl halides is 3. The summed E-state index contributed by atoms with van der Waals surface area (Å²) in [5.41, 5.74) is 0. The molecule has 8 heavy (non-hydrogen) atoms. The third-order valence-corrected chi connectivity index (χ3v) is 1.21. The number of rotatable bonds is 2. The normalized spacial score (nSPS) is 15.5. The van der Waals surface area contributed by atoms with E-state index >= 15 is 0 Å². The first-order valence-electron chi connectivity index (χ1n) is 2.17. The molecule has 0 fully saturated rings. The average molecular weight is 141 g/mol. The van der Waals surface area contributed by atoms with Crippen molar-refractivity contribution < 1.29 is 8.78 Å². The van der Waals surface area contributed by atoms with Gasteiger partial charge in [-0.2, -0.15) is 8.78 Å². The minimum Gasteiger partial charge on any atom is -0.188 e. The van der Waals surface area contributed by atoms with Crippen LogP contribution in [0.25, 0.3) is 0 Å². The standard InChI is InChI=1S/C5H7ClF2/c1-3-4(2)5(6,7)8/h3-4H,1H2,2H3. The number of allylic oxidation sites excluding steroid dienone is 1. The van der Waals surface area contributed by atoms with E-state index in [9.17, 15) is 8.78 Å². The Kier molecular flexibility index (Phi) is 2.41. The largest absolute Gasteiger partial charge is 0.327 e. The molecule has 0 aliphatic rings. The fourth-order valence-corrected chi connectivity index (χ4v) is 0.223. The zero-order valence-electron chi connectivity index (χ0n) is 4.50. The summed E-state index contributed by atoms with van der Waals surface area (Å²) >= 11 is 4.58. The van der Waals surface area contributed by atoms with E-state index in [2.05, 4.69) is 18.2 Å². The van der Waals surface area contributed by atoms with E-state index in [-0.39, 0.29) is 0 Å². The van der Waals surface area contributed by atoms with E-state index in [1.807, 2.05) is 0 Å². The topological polar surface area (TPSA) is 0 Å². The van der Waals surface area contributed by atoms with E-state index in [0.717, 1.165) is 6.08 Å². The van der Waals surface area contributed by atoms with Crippen molar-refractivity contribution >= 4 is 11.6 Å². The van der Waals surface area contributed by atoms with Crippen molar-refractivity contribution in [2.24, 2.45) is 5.92 Å². The second kappa shape index (κ2) is 2.44. The van der Waals surface area contributed by atoms with Gasteiger partial charge < -0.3 is 0 Å². The van der Waals surface area contributed by atoms with Crippen LogP contribution in [-0.2, 0) is 0 Å². The molecule has 0 aliphatic heterocycles. The van der Waals surface area contributed by atoms with Crippen LogP contribution in [0.4, 0.5) is 8.78 Å². The van der Waals surface area contributed by atoms with Crippen LogP contribution in [0, 0.1) is 5.92 Å². The quantitative estimate of drug-likeness (QED) is 0.409. The lowest BCUT2D eigenvalue weighted by molar-refractivity contribution is 0.0577. The highest BCUT2D eigenvalue weighted by molar-refractivity contribution is 6.21. The highest BCUT2D eigenvalue weighted by Gasteiger charge is 2.30. The van der Waals surface area contributed by atoms with Crippen LogP contribution in [0.15, 0.2) is 12.7 Å². The molecule has 0 saturated carbocycles. The molecule has 0 heterocycles. The van der Waals surface area contributed by atoms with Crippen LogP contribution in [0.3, 0.4) is 0 Å². The lowest BCUT2D eigenvalue weighted by atomic mass is 10.2. The number of hydrogen-bond donors (Lipinski definition) is 0. The molecule has 0 radical (unpaired) electrons. The second-order valence-corrected chi connectivity index (χ2v) is 2.07. The summed E-state index contributed by atoms with van der Waals surface area (Å²) in [4.78, 5) is 0. The third kappa shape index (κ3) is 2.26. The Balaban J connectivity index is 3.80. The number of halogens is 3. The fourth-order valence-electron chi connectivity index (χ4n) is 0.134. The Morgan fingerprint density at radius 1 is 1.75 bits per heavy atom. The van der Waals surface area contributed by atoms with Gasteiger partial charge in [0.05, 0.1) is 5.92 Å². The maximum Gasteiger partial charge on any atom is 0.327 e. The van der Waals surface area contributed by atoms with Gasteiger partial charge in [-0.3, -0.25) is 0 Å². The molecule has 0 aromatic carbocycles. The van der Waals surface area contributed by atoms with Gasteiger partial charge in [0.1, 0.15) is 0 Å². The zero-order valence-corrected chi connectivity index (χ0v) is 5.25. The molecule has 0 aromatic rings. The smallest absolute Gasteiger partial charge is 0.188 e. The van der Waals surface area contributed by atoms with Gasteiger partial charge in [0.15, 0.2) is 0 Å². The minimum absolute atomic E-state index is 0.954. The zero-order chi connectivity index (χ0) is 6.78. The van der Waals surface area contributed by atoms with Crippen molar-refractivity contribution in [2.45, 2.75) is 12.3 Å². The summed E-state index contributed by atoms with van der Waals surface area (Å²) < 4.78 is 23.6. The van der Waals surface area contributed by atoms with Gasteiger partial charge in [-0.25, -0.2) is 0 Å². The highest BCUT2D eigenvalue weighted by Crippen LogP contribution is 2.28. The van der Waals surface area contributed by atoms with Crippen LogP contribution in [-0.4, -0.2) is 5.38 Å². The van der Waals surface area contributed by atoms with Crippen molar-refractivity contribution in [2.75, 3.05) is 0 Å². The molecule has 0 amide bonds. The summed E-state index contributed by atoms with van der Waals surface area (Å²) in [5.74, 6) is -0.954. The first kappa shape index (κ1) is 7.89. The fraction of sp³-hybridized carbons (Fsp3) is 0.600. The van der Waals surface area contributed by atoms with Crippen LogP contribution in [0.5, 0.6) is 0 Å². The van der Waals surface area contributed by atoms with E-state index in [4.69, 9.17) is 0 Å². The lowest BCUT2D eigenvalue weighted by Gasteiger charge is -2.10. The summed E-state index contributed by atoms with van der Waals surface area (Å²) in [7, 11) is 0. The summed E-state index contributed by atoms with van der Waals surface area (Å²) in [6, 6.07) is 0. The SMILES string of the molecule is C=CC(C)C(F)(F)Cl. The molecule has 0 saturated heterocycles. The molecular formula is C5H7ClF2. The number of hydrogen-bond acceptors (Lipinski definition) is 0. The van der Waals surface area contributed by atoms with Crippen molar-refractivity contribution in [1.29, 1.82) is 0 Å². The monoisotopic (exact) mass is 140 g/mol.